The highest BCUT2D eigenvalue weighted by atomic mass is 16.7. The number of fused-ring (bicyclic) bond motifs is 1. The highest BCUT2D eigenvalue weighted by Crippen LogP contribution is 2.33. The van der Waals surface area contributed by atoms with Crippen LogP contribution in [0.4, 0.5) is 5.82 Å². The van der Waals surface area contributed by atoms with Crippen LogP contribution in [0.25, 0.3) is 0 Å². The molecule has 4 rings (SSSR count). The number of aryl methyl sites for hydroxylation is 1. The molecule has 0 amide bonds. The third-order valence-corrected chi connectivity index (χ3v) is 4.65. The lowest BCUT2D eigenvalue weighted by Crippen LogP contribution is -2.46. The first-order chi connectivity index (χ1) is 12.2. The molecule has 0 aliphatic carbocycles. The van der Waals surface area contributed by atoms with Gasteiger partial charge in [-0.25, -0.2) is 4.98 Å². The molecular weight excluding hydrogens is 316 g/mol. The molecule has 1 fully saturated rings. The lowest BCUT2D eigenvalue weighted by Gasteiger charge is -2.35. The number of aromatic nitrogens is 1. The number of anilines is 1. The number of hydrogen-bond acceptors (Lipinski definition) is 6. The molecule has 3 heterocycles. The van der Waals surface area contributed by atoms with Gasteiger partial charge in [-0.2, -0.15) is 5.26 Å². The summed E-state index contributed by atoms with van der Waals surface area (Å²) in [5, 5.41) is 9.31. The maximum absolute atomic E-state index is 9.31. The Morgan fingerprint density at radius 1 is 1.08 bits per heavy atom. The fraction of sp³-hybridized carbons (Fsp3) is 0.368. The van der Waals surface area contributed by atoms with E-state index in [0.717, 1.165) is 55.7 Å². The minimum Gasteiger partial charge on any atom is -0.454 e. The van der Waals surface area contributed by atoms with E-state index in [1.54, 1.807) is 0 Å². The Hall–Kier alpha value is -2.78. The molecule has 0 atom stereocenters. The van der Waals surface area contributed by atoms with Crippen molar-refractivity contribution in [3.63, 3.8) is 0 Å². The second-order valence-corrected chi connectivity index (χ2v) is 6.39. The van der Waals surface area contributed by atoms with Gasteiger partial charge < -0.3 is 14.4 Å². The lowest BCUT2D eigenvalue weighted by atomic mass is 10.1. The summed E-state index contributed by atoms with van der Waals surface area (Å²) in [6.45, 7) is 6.77. The van der Waals surface area contributed by atoms with Crippen LogP contribution in [0.3, 0.4) is 0 Å². The fourth-order valence-corrected chi connectivity index (χ4v) is 3.29. The van der Waals surface area contributed by atoms with E-state index in [2.05, 4.69) is 33.0 Å². The molecule has 128 valence electrons. The summed E-state index contributed by atoms with van der Waals surface area (Å²) in [6.07, 6.45) is 0. The Morgan fingerprint density at radius 3 is 2.68 bits per heavy atom. The first kappa shape index (κ1) is 15.7. The van der Waals surface area contributed by atoms with E-state index in [-0.39, 0.29) is 0 Å². The van der Waals surface area contributed by atoms with Crippen LogP contribution in [0.15, 0.2) is 30.3 Å². The van der Waals surface area contributed by atoms with E-state index in [1.165, 1.54) is 5.56 Å². The molecule has 0 radical (unpaired) electrons. The molecule has 1 saturated heterocycles. The summed E-state index contributed by atoms with van der Waals surface area (Å²) in [5.74, 6) is 2.46. The third kappa shape index (κ3) is 3.24. The molecule has 0 bridgehead atoms. The van der Waals surface area contributed by atoms with Gasteiger partial charge >= 0.3 is 0 Å². The third-order valence-electron chi connectivity index (χ3n) is 4.65. The topological polar surface area (TPSA) is 61.6 Å². The largest absolute Gasteiger partial charge is 0.454 e. The molecule has 0 saturated carbocycles. The van der Waals surface area contributed by atoms with Crippen LogP contribution in [0, 0.1) is 18.3 Å². The normalized spacial score (nSPS) is 16.7. The molecule has 1 aromatic carbocycles. The fourth-order valence-electron chi connectivity index (χ4n) is 3.29. The standard InChI is InChI=1S/C19H20N4O2/c1-14-2-4-16(11-20)19(21-14)23-8-6-22(7-9-23)12-15-3-5-17-18(10-15)25-13-24-17/h2-5,10H,6-9,12-13H2,1H3. The van der Waals surface area contributed by atoms with E-state index < -0.39 is 0 Å². The van der Waals surface area contributed by atoms with E-state index in [4.69, 9.17) is 9.47 Å². The van der Waals surface area contributed by atoms with Gasteiger partial charge in [0.05, 0.1) is 5.56 Å². The van der Waals surface area contributed by atoms with Crippen LogP contribution >= 0.6 is 0 Å². The summed E-state index contributed by atoms with van der Waals surface area (Å²) in [4.78, 5) is 9.19. The highest BCUT2D eigenvalue weighted by molar-refractivity contribution is 5.54. The maximum atomic E-state index is 9.31. The van der Waals surface area contributed by atoms with Gasteiger partial charge in [0, 0.05) is 38.4 Å². The molecule has 0 unspecified atom stereocenters. The van der Waals surface area contributed by atoms with Crippen LogP contribution in [0.5, 0.6) is 11.5 Å². The number of ether oxygens (including phenoxy) is 2. The van der Waals surface area contributed by atoms with Crippen molar-refractivity contribution in [3.8, 4) is 17.6 Å². The quantitative estimate of drug-likeness (QED) is 0.857. The van der Waals surface area contributed by atoms with Crippen molar-refractivity contribution in [3.05, 3.63) is 47.2 Å². The number of nitrogens with zero attached hydrogens (tertiary/aromatic N) is 4. The van der Waals surface area contributed by atoms with E-state index in [9.17, 15) is 5.26 Å². The molecular formula is C19H20N4O2. The van der Waals surface area contributed by atoms with E-state index in [1.807, 2.05) is 25.1 Å². The number of benzene rings is 1. The van der Waals surface area contributed by atoms with E-state index in [0.29, 0.717) is 12.4 Å². The maximum Gasteiger partial charge on any atom is 0.231 e. The van der Waals surface area contributed by atoms with Crippen molar-refractivity contribution in [2.24, 2.45) is 0 Å². The Labute approximate surface area is 147 Å². The molecule has 0 N–H and O–H groups in total. The first-order valence-electron chi connectivity index (χ1n) is 8.46. The van der Waals surface area contributed by atoms with Crippen molar-refractivity contribution in [2.45, 2.75) is 13.5 Å². The zero-order valence-electron chi connectivity index (χ0n) is 14.2. The number of piperazine rings is 1. The summed E-state index contributed by atoms with van der Waals surface area (Å²) in [5.41, 5.74) is 2.82. The van der Waals surface area contributed by atoms with Crippen molar-refractivity contribution in [1.82, 2.24) is 9.88 Å². The smallest absolute Gasteiger partial charge is 0.231 e. The summed E-state index contributed by atoms with van der Waals surface area (Å²) < 4.78 is 10.8. The molecule has 0 spiro atoms. The predicted molar refractivity (Wildman–Crippen MR) is 93.7 cm³/mol. The van der Waals surface area contributed by atoms with Crippen LogP contribution in [-0.4, -0.2) is 42.9 Å². The van der Waals surface area contributed by atoms with Crippen LogP contribution < -0.4 is 14.4 Å². The van der Waals surface area contributed by atoms with Crippen molar-refractivity contribution < 1.29 is 9.47 Å². The number of nitriles is 1. The van der Waals surface area contributed by atoms with Gasteiger partial charge in [0.1, 0.15) is 11.9 Å². The molecule has 25 heavy (non-hydrogen) atoms. The highest BCUT2D eigenvalue weighted by Gasteiger charge is 2.21. The molecule has 2 aromatic rings. The molecule has 2 aliphatic heterocycles. The van der Waals surface area contributed by atoms with E-state index >= 15 is 0 Å². The molecule has 6 nitrogen and oxygen atoms in total. The summed E-state index contributed by atoms with van der Waals surface area (Å²) in [7, 11) is 0. The Morgan fingerprint density at radius 2 is 1.88 bits per heavy atom. The van der Waals surface area contributed by atoms with Crippen LogP contribution in [-0.2, 0) is 6.54 Å². The van der Waals surface area contributed by atoms with Crippen LogP contribution in [0.2, 0.25) is 0 Å². The number of rotatable bonds is 3. The molecule has 6 heteroatoms. The second-order valence-electron chi connectivity index (χ2n) is 6.39. The van der Waals surface area contributed by atoms with Gasteiger partial charge in [0.25, 0.3) is 0 Å². The van der Waals surface area contributed by atoms with Crippen molar-refractivity contribution in [2.75, 3.05) is 37.9 Å². The minimum absolute atomic E-state index is 0.308. The minimum atomic E-state index is 0.308. The van der Waals surface area contributed by atoms with Gasteiger partial charge in [-0.15, -0.1) is 0 Å². The first-order valence-corrected chi connectivity index (χ1v) is 8.46. The van der Waals surface area contributed by atoms with Gasteiger partial charge in [-0.05, 0) is 36.8 Å². The average molecular weight is 336 g/mol. The predicted octanol–water partition coefficient (Wildman–Crippen LogP) is 2.31. The molecule has 1 aromatic heterocycles. The van der Waals surface area contributed by atoms with Crippen molar-refractivity contribution >= 4 is 5.82 Å². The van der Waals surface area contributed by atoms with Gasteiger partial charge in [-0.3, -0.25) is 4.90 Å². The zero-order chi connectivity index (χ0) is 17.2. The molecule has 2 aliphatic rings. The number of pyridine rings is 1. The summed E-state index contributed by atoms with van der Waals surface area (Å²) in [6, 6.07) is 12.1. The SMILES string of the molecule is Cc1ccc(C#N)c(N2CCN(Cc3ccc4c(c3)OCO4)CC2)n1. The van der Waals surface area contributed by atoms with Gasteiger partial charge in [0.15, 0.2) is 11.5 Å². The Bertz CT molecular complexity index is 823. The monoisotopic (exact) mass is 336 g/mol. The Kier molecular flexibility index (Phi) is 4.16. The van der Waals surface area contributed by atoms with Crippen LogP contribution in [0.1, 0.15) is 16.8 Å². The van der Waals surface area contributed by atoms with Gasteiger partial charge in [0.2, 0.25) is 6.79 Å². The van der Waals surface area contributed by atoms with Crippen molar-refractivity contribution in [1.29, 1.82) is 5.26 Å². The van der Waals surface area contributed by atoms with Gasteiger partial charge in [-0.1, -0.05) is 6.07 Å². The Balaban J connectivity index is 1.40. The average Bonchev–Trinajstić information content (AvgIpc) is 3.10. The zero-order valence-corrected chi connectivity index (χ0v) is 14.2. The summed E-state index contributed by atoms with van der Waals surface area (Å²) >= 11 is 0. The number of hydrogen-bond donors (Lipinski definition) is 0. The lowest BCUT2D eigenvalue weighted by molar-refractivity contribution is 0.174. The second kappa shape index (κ2) is 6.61.